The molecule has 1 atom stereocenters. The van der Waals surface area contributed by atoms with E-state index in [1.165, 1.54) is 25.2 Å². The topological polar surface area (TPSA) is 132 Å². The Morgan fingerprint density at radius 1 is 1.09 bits per heavy atom. The minimum Gasteiger partial charge on any atom is -0.444 e. The number of imidazole rings is 1. The molecule has 2 heterocycles. The molecule has 1 unspecified atom stereocenters. The van der Waals surface area contributed by atoms with Gasteiger partial charge in [-0.3, -0.25) is 14.3 Å². The van der Waals surface area contributed by atoms with Crippen LogP contribution < -0.4 is 16.0 Å². The summed E-state index contributed by atoms with van der Waals surface area (Å²) < 4.78 is 74.9. The molecular formula is C28H31ClF5N7O4. The van der Waals surface area contributed by atoms with Crippen LogP contribution in [0.15, 0.2) is 30.6 Å². The Hall–Kier alpha value is -4.21. The first-order chi connectivity index (χ1) is 20.9. The number of nitrogens with one attached hydrogen (secondary N) is 3. The van der Waals surface area contributed by atoms with Gasteiger partial charge in [0.25, 0.3) is 17.7 Å². The molecule has 1 aromatic carbocycles. The molecule has 2 aromatic heterocycles. The van der Waals surface area contributed by atoms with Crippen molar-refractivity contribution in [3.8, 4) is 11.3 Å². The van der Waals surface area contributed by atoms with Crippen molar-refractivity contribution in [3.63, 3.8) is 0 Å². The number of alkyl halides is 5. The van der Waals surface area contributed by atoms with E-state index in [-0.39, 0.29) is 27.8 Å². The van der Waals surface area contributed by atoms with Crippen LogP contribution in [0.2, 0.25) is 5.02 Å². The Balaban J connectivity index is 1.35. The average molecular weight is 660 g/mol. The van der Waals surface area contributed by atoms with Crippen LogP contribution >= 0.6 is 11.6 Å². The Morgan fingerprint density at radius 3 is 2.31 bits per heavy atom. The number of hydrogen-bond acceptors (Lipinski definition) is 6. The molecule has 0 spiro atoms. The average Bonchev–Trinajstić information content (AvgIpc) is 3.22. The highest BCUT2D eigenvalue weighted by molar-refractivity contribution is 6.34. The van der Waals surface area contributed by atoms with E-state index in [1.807, 2.05) is 0 Å². The molecule has 45 heavy (non-hydrogen) atoms. The Morgan fingerprint density at radius 2 is 1.73 bits per heavy atom. The summed E-state index contributed by atoms with van der Waals surface area (Å²) in [6, 6.07) is 2.64. The number of hydrogen-bond donors (Lipinski definition) is 3. The number of carbonyl (C=O) groups excluding carboxylic acids is 3. The fourth-order valence-electron chi connectivity index (χ4n) is 4.32. The van der Waals surface area contributed by atoms with Gasteiger partial charge >= 0.3 is 12.3 Å². The molecule has 0 saturated heterocycles. The van der Waals surface area contributed by atoms with Crippen molar-refractivity contribution in [2.45, 2.75) is 63.8 Å². The molecule has 3 N–H and O–H groups in total. The maximum absolute atomic E-state index is 13.7. The molecule has 0 radical (unpaired) electrons. The summed E-state index contributed by atoms with van der Waals surface area (Å²) in [4.78, 5) is 41.1. The summed E-state index contributed by atoms with van der Waals surface area (Å²) in [5.41, 5.74) is -2.32. The molecule has 0 aliphatic heterocycles. The Labute approximate surface area is 259 Å². The second kappa shape index (κ2) is 12.7. The quantitative estimate of drug-likeness (QED) is 0.186. The molecule has 11 nitrogen and oxygen atoms in total. The summed E-state index contributed by atoms with van der Waals surface area (Å²) in [5, 5.41) is 11.2. The van der Waals surface area contributed by atoms with E-state index in [4.69, 9.17) is 16.3 Å². The summed E-state index contributed by atoms with van der Waals surface area (Å²) in [7, 11) is 1.30. The lowest BCUT2D eigenvalue weighted by Crippen LogP contribution is -2.33. The monoisotopic (exact) mass is 659 g/mol. The normalized spacial score (nSPS) is 15.8. The van der Waals surface area contributed by atoms with Crippen molar-refractivity contribution in [1.82, 2.24) is 30.0 Å². The number of unbranched alkanes of at least 4 members (excludes halogenated alkanes) is 1. The number of amides is 3. The highest BCUT2D eigenvalue weighted by atomic mass is 35.5. The zero-order valence-electron chi connectivity index (χ0n) is 24.7. The highest BCUT2D eigenvalue weighted by Crippen LogP contribution is 2.53. The first kappa shape index (κ1) is 33.7. The second-order valence-electron chi connectivity index (χ2n) is 11.4. The molecule has 3 aromatic rings. The molecule has 4 rings (SSSR count). The summed E-state index contributed by atoms with van der Waals surface area (Å²) in [6.07, 6.45) is -3.05. The van der Waals surface area contributed by atoms with Crippen LogP contribution in [-0.2, 0) is 18.0 Å². The summed E-state index contributed by atoms with van der Waals surface area (Å²) in [5.74, 6) is -4.69. The van der Waals surface area contributed by atoms with Crippen molar-refractivity contribution in [3.05, 3.63) is 52.7 Å². The van der Waals surface area contributed by atoms with Crippen molar-refractivity contribution < 1.29 is 41.1 Å². The van der Waals surface area contributed by atoms with Gasteiger partial charge in [0.1, 0.15) is 11.6 Å². The highest BCUT2D eigenvalue weighted by Gasteiger charge is 2.59. The van der Waals surface area contributed by atoms with Crippen molar-refractivity contribution in [1.29, 1.82) is 0 Å². The van der Waals surface area contributed by atoms with Crippen LogP contribution in [0.5, 0.6) is 0 Å². The van der Waals surface area contributed by atoms with E-state index in [2.05, 4.69) is 26.0 Å². The Kier molecular flexibility index (Phi) is 9.47. The lowest BCUT2D eigenvalue weighted by Gasteiger charge is -2.19. The minimum absolute atomic E-state index is 0.0246. The predicted octanol–water partition coefficient (Wildman–Crippen LogP) is 5.82. The van der Waals surface area contributed by atoms with Crippen LogP contribution in [0, 0.1) is 0 Å². The number of halogens is 6. The van der Waals surface area contributed by atoms with E-state index < -0.39 is 59.3 Å². The largest absolute Gasteiger partial charge is 0.444 e. The van der Waals surface area contributed by atoms with Gasteiger partial charge in [-0.2, -0.15) is 18.3 Å². The van der Waals surface area contributed by atoms with Gasteiger partial charge < -0.3 is 25.3 Å². The van der Waals surface area contributed by atoms with Gasteiger partial charge in [-0.15, -0.1) is 0 Å². The lowest BCUT2D eigenvalue weighted by molar-refractivity contribution is -0.141. The number of nitrogens with zero attached hydrogens (tertiary/aromatic N) is 4. The Bertz CT molecular complexity index is 1600. The van der Waals surface area contributed by atoms with Gasteiger partial charge in [0, 0.05) is 38.4 Å². The fourth-order valence-corrected chi connectivity index (χ4v) is 4.59. The molecule has 244 valence electrons. The van der Waals surface area contributed by atoms with Crippen molar-refractivity contribution >= 4 is 35.2 Å². The number of alkyl carbamates (subject to hydrolysis) is 1. The van der Waals surface area contributed by atoms with Gasteiger partial charge in [0.2, 0.25) is 0 Å². The van der Waals surface area contributed by atoms with E-state index in [1.54, 1.807) is 20.8 Å². The molecule has 1 aliphatic rings. The van der Waals surface area contributed by atoms with Gasteiger partial charge in [-0.1, -0.05) is 11.6 Å². The maximum atomic E-state index is 13.7. The number of benzene rings is 1. The van der Waals surface area contributed by atoms with E-state index >= 15 is 0 Å². The number of carbonyl (C=O) groups is 3. The SMILES string of the molecule is Cn1c(-c2cn(C3CC3(F)F)nc2C(F)(F)F)cnc1C(=O)Nc1ccc(C(=O)NCCCCNC(=O)OC(C)(C)C)c(Cl)c1. The smallest absolute Gasteiger partial charge is 0.435 e. The zero-order valence-corrected chi connectivity index (χ0v) is 25.4. The van der Waals surface area contributed by atoms with Crippen LogP contribution in [0.1, 0.15) is 72.7 Å². The van der Waals surface area contributed by atoms with Gasteiger partial charge in [-0.25, -0.2) is 18.6 Å². The van der Waals surface area contributed by atoms with E-state index in [9.17, 15) is 36.3 Å². The molecule has 0 bridgehead atoms. The number of anilines is 1. The summed E-state index contributed by atoms with van der Waals surface area (Å²) >= 11 is 6.27. The van der Waals surface area contributed by atoms with Crippen molar-refractivity contribution in [2.75, 3.05) is 18.4 Å². The standard InChI is InChI=1S/C28H31ClF5N7O4/c1-26(2,3)45-25(44)36-10-6-5-9-35-23(42)16-8-7-15(11-18(16)29)38-24(43)22-37-13-19(40(22)4)17-14-41(20-12-27(20,30)31)39-21(17)28(32,33)34/h7-8,11,13-14,20H,5-6,9-10,12H2,1-4H3,(H,35,42)(H,36,44)(H,38,43). The summed E-state index contributed by atoms with van der Waals surface area (Å²) in [6.45, 7) is 5.94. The molecule has 17 heteroatoms. The maximum Gasteiger partial charge on any atom is 0.435 e. The number of ether oxygens (including phenoxy) is 1. The predicted molar refractivity (Wildman–Crippen MR) is 153 cm³/mol. The second-order valence-corrected chi connectivity index (χ2v) is 11.8. The third-order valence-corrected chi connectivity index (χ3v) is 6.92. The molecule has 1 aliphatic carbocycles. The third-order valence-electron chi connectivity index (χ3n) is 6.61. The van der Waals surface area contributed by atoms with E-state index in [0.29, 0.717) is 30.6 Å². The number of rotatable bonds is 10. The first-order valence-electron chi connectivity index (χ1n) is 13.8. The third kappa shape index (κ3) is 8.29. The van der Waals surface area contributed by atoms with Crippen LogP contribution in [0.3, 0.4) is 0 Å². The first-order valence-corrected chi connectivity index (χ1v) is 14.2. The van der Waals surface area contributed by atoms with Crippen LogP contribution in [0.4, 0.5) is 32.4 Å². The molecule has 1 saturated carbocycles. The molecular weight excluding hydrogens is 629 g/mol. The van der Waals surface area contributed by atoms with Crippen LogP contribution in [0.25, 0.3) is 11.3 Å². The van der Waals surface area contributed by atoms with Crippen molar-refractivity contribution in [2.24, 2.45) is 7.05 Å². The fraction of sp³-hybridized carbons (Fsp3) is 0.464. The van der Waals surface area contributed by atoms with Gasteiger partial charge in [-0.05, 0) is 51.8 Å². The minimum atomic E-state index is -4.94. The molecule has 1 fully saturated rings. The van der Waals surface area contributed by atoms with Gasteiger partial charge in [0.05, 0.1) is 28.0 Å². The van der Waals surface area contributed by atoms with E-state index in [0.717, 1.165) is 17.0 Å². The number of aromatic nitrogens is 4. The molecule has 3 amide bonds. The zero-order chi connectivity index (χ0) is 33.3. The van der Waals surface area contributed by atoms with Gasteiger partial charge in [0.15, 0.2) is 11.5 Å². The lowest BCUT2D eigenvalue weighted by atomic mass is 10.2. The van der Waals surface area contributed by atoms with Crippen LogP contribution in [-0.4, -0.2) is 61.9 Å².